The van der Waals surface area contributed by atoms with Gasteiger partial charge in [-0.05, 0) is 50.8 Å². The number of thiophene rings is 1. The van der Waals surface area contributed by atoms with Crippen molar-refractivity contribution in [2.45, 2.75) is 12.8 Å². The van der Waals surface area contributed by atoms with Crippen LogP contribution in [0.4, 0.5) is 0 Å². The maximum absolute atomic E-state index is 12.7. The average Bonchev–Trinajstić information content (AvgIpc) is 2.93. The van der Waals surface area contributed by atoms with E-state index >= 15 is 0 Å². The van der Waals surface area contributed by atoms with E-state index < -0.39 is 0 Å². The molecule has 2 aliphatic rings. The molecule has 3 heterocycles. The number of piperidine rings is 1. The molecule has 0 N–H and O–H groups in total. The molecule has 1 atom stereocenters. The van der Waals surface area contributed by atoms with Gasteiger partial charge in [0, 0.05) is 30.7 Å². The van der Waals surface area contributed by atoms with Crippen molar-refractivity contribution >= 4 is 55.0 Å². The van der Waals surface area contributed by atoms with Crippen LogP contribution in [0, 0.1) is 5.92 Å². The molecule has 0 aliphatic carbocycles. The Kier molecular flexibility index (Phi) is 5.77. The minimum Gasteiger partial charge on any atom is -0.378 e. The number of rotatable bonds is 2. The molecule has 0 bridgehead atoms. The first-order chi connectivity index (χ1) is 11.1. The van der Waals surface area contributed by atoms with Gasteiger partial charge in [-0.25, -0.2) is 0 Å². The van der Waals surface area contributed by atoms with Gasteiger partial charge in [0.05, 0.1) is 27.8 Å². The molecule has 0 saturated carbocycles. The van der Waals surface area contributed by atoms with Gasteiger partial charge in [-0.2, -0.15) is 0 Å². The van der Waals surface area contributed by atoms with Gasteiger partial charge in [0.25, 0.3) is 5.91 Å². The van der Waals surface area contributed by atoms with Crippen molar-refractivity contribution in [1.82, 2.24) is 9.80 Å². The Balaban J connectivity index is 1.65. The Labute approximate surface area is 156 Å². The third-order valence-electron chi connectivity index (χ3n) is 4.24. The van der Waals surface area contributed by atoms with Crippen molar-refractivity contribution in [3.63, 3.8) is 0 Å². The van der Waals surface area contributed by atoms with Gasteiger partial charge in [0.2, 0.25) is 5.91 Å². The molecule has 2 fully saturated rings. The highest BCUT2D eigenvalue weighted by Gasteiger charge is 2.32. The van der Waals surface area contributed by atoms with E-state index in [0.29, 0.717) is 37.7 Å². The summed E-state index contributed by atoms with van der Waals surface area (Å²) in [7, 11) is 0. The predicted octanol–water partition coefficient (Wildman–Crippen LogP) is 2.98. The van der Waals surface area contributed by atoms with Crippen LogP contribution in [0.2, 0.25) is 0 Å². The van der Waals surface area contributed by atoms with E-state index in [2.05, 4.69) is 31.9 Å². The number of halogens is 2. The van der Waals surface area contributed by atoms with Crippen LogP contribution in [0.15, 0.2) is 14.3 Å². The minimum absolute atomic E-state index is 0.0147. The maximum Gasteiger partial charge on any atom is 0.264 e. The molecular weight excluding hydrogens is 448 g/mol. The fourth-order valence-electron chi connectivity index (χ4n) is 3.01. The fraction of sp³-hybridized carbons (Fsp3) is 0.600. The van der Waals surface area contributed by atoms with E-state index in [-0.39, 0.29) is 17.7 Å². The summed E-state index contributed by atoms with van der Waals surface area (Å²) >= 11 is 8.26. The number of likely N-dealkylation sites (tertiary alicyclic amines) is 1. The third-order valence-corrected chi connectivity index (χ3v) is 7.48. The smallest absolute Gasteiger partial charge is 0.264 e. The van der Waals surface area contributed by atoms with Crippen molar-refractivity contribution < 1.29 is 14.3 Å². The monoisotopic (exact) mass is 464 g/mol. The number of hydrogen-bond acceptors (Lipinski definition) is 4. The lowest BCUT2D eigenvalue weighted by molar-refractivity contribution is -0.141. The first-order valence-electron chi connectivity index (χ1n) is 7.67. The summed E-state index contributed by atoms with van der Waals surface area (Å²) in [5.41, 5.74) is 0. The average molecular weight is 466 g/mol. The molecule has 2 aliphatic heterocycles. The lowest BCUT2D eigenvalue weighted by atomic mass is 9.96. The number of carbonyl (C=O) groups excluding carboxylic acids is 2. The fourth-order valence-corrected chi connectivity index (χ4v) is 5.02. The van der Waals surface area contributed by atoms with Crippen molar-refractivity contribution in [2.24, 2.45) is 5.92 Å². The summed E-state index contributed by atoms with van der Waals surface area (Å²) < 4.78 is 7.11. The van der Waals surface area contributed by atoms with Crippen LogP contribution in [-0.4, -0.2) is 61.0 Å². The quantitative estimate of drug-likeness (QED) is 0.674. The van der Waals surface area contributed by atoms with Crippen LogP contribution >= 0.6 is 43.2 Å². The van der Waals surface area contributed by atoms with Crippen LogP contribution in [-0.2, 0) is 9.53 Å². The van der Waals surface area contributed by atoms with Crippen LogP contribution in [0.5, 0.6) is 0 Å². The predicted molar refractivity (Wildman–Crippen MR) is 95.7 cm³/mol. The van der Waals surface area contributed by atoms with Crippen molar-refractivity contribution in [2.75, 3.05) is 39.4 Å². The summed E-state index contributed by atoms with van der Waals surface area (Å²) in [4.78, 5) is 29.7. The van der Waals surface area contributed by atoms with E-state index in [9.17, 15) is 9.59 Å². The Hall–Kier alpha value is -0.440. The number of ether oxygens (including phenoxy) is 1. The Morgan fingerprint density at radius 2 is 1.91 bits per heavy atom. The molecule has 0 spiro atoms. The molecule has 3 rings (SSSR count). The SMILES string of the molecule is O=C(c1cc(Br)c(Br)s1)N1CCCC(C(=O)N2CCOCC2)C1. The van der Waals surface area contributed by atoms with Crippen LogP contribution in [0.3, 0.4) is 0 Å². The van der Waals surface area contributed by atoms with E-state index in [1.54, 1.807) is 0 Å². The third kappa shape index (κ3) is 3.97. The van der Waals surface area contributed by atoms with Gasteiger partial charge in [-0.1, -0.05) is 0 Å². The summed E-state index contributed by atoms with van der Waals surface area (Å²) in [6, 6.07) is 1.84. The normalized spacial score (nSPS) is 22.3. The zero-order chi connectivity index (χ0) is 16.4. The highest BCUT2D eigenvalue weighted by Crippen LogP contribution is 2.33. The molecular formula is C15H18Br2N2O3S. The zero-order valence-electron chi connectivity index (χ0n) is 12.6. The molecule has 8 heteroatoms. The second-order valence-corrected chi connectivity index (χ2v) is 8.98. The molecule has 0 aromatic carbocycles. The summed E-state index contributed by atoms with van der Waals surface area (Å²) in [5.74, 6) is 0.0952. The number of morpholine rings is 1. The standard InChI is InChI=1S/C15H18Br2N2O3S/c16-11-8-12(23-13(11)17)15(21)19-3-1-2-10(9-19)14(20)18-4-6-22-7-5-18/h8,10H,1-7,9H2. The lowest BCUT2D eigenvalue weighted by Gasteiger charge is -2.36. The van der Waals surface area contributed by atoms with Gasteiger partial charge < -0.3 is 14.5 Å². The van der Waals surface area contributed by atoms with Gasteiger partial charge in [0.1, 0.15) is 0 Å². The van der Waals surface area contributed by atoms with E-state index in [1.807, 2.05) is 15.9 Å². The zero-order valence-corrected chi connectivity index (χ0v) is 16.6. The summed E-state index contributed by atoms with van der Waals surface area (Å²) in [6.07, 6.45) is 1.73. The van der Waals surface area contributed by atoms with E-state index in [1.165, 1.54) is 11.3 Å². The van der Waals surface area contributed by atoms with Crippen LogP contribution < -0.4 is 0 Å². The summed E-state index contributed by atoms with van der Waals surface area (Å²) in [5, 5.41) is 0. The van der Waals surface area contributed by atoms with Crippen molar-refractivity contribution in [3.05, 3.63) is 19.2 Å². The second-order valence-electron chi connectivity index (χ2n) is 5.76. The minimum atomic E-state index is -0.0855. The second kappa shape index (κ2) is 7.63. The van der Waals surface area contributed by atoms with Gasteiger partial charge >= 0.3 is 0 Å². The van der Waals surface area contributed by atoms with Gasteiger partial charge in [-0.3, -0.25) is 9.59 Å². The number of amides is 2. The van der Waals surface area contributed by atoms with Gasteiger partial charge in [0.15, 0.2) is 0 Å². The van der Waals surface area contributed by atoms with Crippen molar-refractivity contribution in [3.8, 4) is 0 Å². The molecule has 23 heavy (non-hydrogen) atoms. The molecule has 126 valence electrons. The Bertz CT molecular complexity index is 582. The van der Waals surface area contributed by atoms with Crippen molar-refractivity contribution in [1.29, 1.82) is 0 Å². The lowest BCUT2D eigenvalue weighted by Crippen LogP contribution is -2.49. The molecule has 1 aromatic rings. The highest BCUT2D eigenvalue weighted by molar-refractivity contribution is 9.13. The molecule has 1 aromatic heterocycles. The van der Waals surface area contributed by atoms with Crippen LogP contribution in [0.25, 0.3) is 0 Å². The first kappa shape index (κ1) is 17.4. The number of nitrogens with zero attached hydrogens (tertiary/aromatic N) is 2. The van der Waals surface area contributed by atoms with Crippen LogP contribution in [0.1, 0.15) is 22.5 Å². The molecule has 5 nitrogen and oxygen atoms in total. The number of carbonyl (C=O) groups is 2. The molecule has 1 unspecified atom stereocenters. The maximum atomic E-state index is 12.7. The molecule has 0 radical (unpaired) electrons. The Morgan fingerprint density at radius 3 is 2.57 bits per heavy atom. The molecule has 2 saturated heterocycles. The topological polar surface area (TPSA) is 49.9 Å². The largest absolute Gasteiger partial charge is 0.378 e. The first-order valence-corrected chi connectivity index (χ1v) is 10.1. The van der Waals surface area contributed by atoms with E-state index in [0.717, 1.165) is 27.6 Å². The number of hydrogen-bond donors (Lipinski definition) is 0. The Morgan fingerprint density at radius 1 is 1.17 bits per heavy atom. The molecule has 2 amide bonds. The van der Waals surface area contributed by atoms with Gasteiger partial charge in [-0.15, -0.1) is 11.3 Å². The highest BCUT2D eigenvalue weighted by atomic mass is 79.9. The van der Waals surface area contributed by atoms with E-state index in [4.69, 9.17) is 4.74 Å². The summed E-state index contributed by atoms with van der Waals surface area (Å²) in [6.45, 7) is 3.78.